The van der Waals surface area contributed by atoms with Crippen molar-refractivity contribution in [3.05, 3.63) is 92.9 Å². The smallest absolute Gasteiger partial charge is 0.337 e. The van der Waals surface area contributed by atoms with Gasteiger partial charge in [0.25, 0.3) is 11.2 Å². The molecular weight excluding hydrogens is 388 g/mol. The van der Waals surface area contributed by atoms with Gasteiger partial charge in [-0.05, 0) is 30.3 Å². The second-order valence-electron chi connectivity index (χ2n) is 6.69. The number of aromatic nitrogens is 3. The number of imidazole rings is 1. The number of nitro benzene ring substituents is 1. The molecular formula is C21H12N4O5. The van der Waals surface area contributed by atoms with E-state index in [1.54, 1.807) is 34.7 Å². The third kappa shape index (κ3) is 2.46. The Hall–Kier alpha value is -4.53. The van der Waals surface area contributed by atoms with Gasteiger partial charge in [-0.15, -0.1) is 0 Å². The van der Waals surface area contributed by atoms with Crippen molar-refractivity contribution in [1.82, 2.24) is 14.0 Å². The van der Waals surface area contributed by atoms with Gasteiger partial charge in [0.2, 0.25) is 0 Å². The van der Waals surface area contributed by atoms with E-state index in [-0.39, 0.29) is 16.8 Å². The van der Waals surface area contributed by atoms with E-state index in [0.29, 0.717) is 33.3 Å². The Morgan fingerprint density at radius 2 is 1.70 bits per heavy atom. The zero-order valence-electron chi connectivity index (χ0n) is 15.2. The highest BCUT2D eigenvalue weighted by molar-refractivity contribution is 6.04. The van der Waals surface area contributed by atoms with E-state index in [2.05, 4.69) is 4.98 Å². The summed E-state index contributed by atoms with van der Waals surface area (Å²) >= 11 is 0. The number of nitro groups is 1. The summed E-state index contributed by atoms with van der Waals surface area (Å²) in [6.45, 7) is 0. The molecule has 146 valence electrons. The summed E-state index contributed by atoms with van der Waals surface area (Å²) in [6, 6.07) is 15.6. The van der Waals surface area contributed by atoms with Crippen molar-refractivity contribution in [2.75, 3.05) is 0 Å². The standard InChI is InChI=1S/C21H12N4O5/c26-20-16-4-2-1-3-15(16)18-19(23-11-12(21(27)28)5-10-17(23)22-18)24(20)13-6-8-14(9-7-13)25(29)30/h1-11H,(H,27,28). The molecule has 0 aliphatic rings. The summed E-state index contributed by atoms with van der Waals surface area (Å²) in [6.07, 6.45) is 1.41. The Labute approximate surface area is 167 Å². The van der Waals surface area contributed by atoms with E-state index >= 15 is 0 Å². The molecule has 0 spiro atoms. The number of nitrogens with zero attached hydrogens (tertiary/aromatic N) is 4. The van der Waals surface area contributed by atoms with Crippen LogP contribution in [0, 0.1) is 10.1 Å². The van der Waals surface area contributed by atoms with Crippen molar-refractivity contribution < 1.29 is 14.8 Å². The lowest BCUT2D eigenvalue weighted by molar-refractivity contribution is -0.384. The van der Waals surface area contributed by atoms with Gasteiger partial charge in [0.15, 0.2) is 5.65 Å². The first-order valence-corrected chi connectivity index (χ1v) is 8.89. The molecule has 0 fully saturated rings. The molecule has 3 heterocycles. The van der Waals surface area contributed by atoms with Crippen LogP contribution in [0.25, 0.3) is 33.3 Å². The number of carboxylic acid groups (broad SMARTS) is 1. The van der Waals surface area contributed by atoms with Gasteiger partial charge >= 0.3 is 5.97 Å². The van der Waals surface area contributed by atoms with Crippen LogP contribution in [0.3, 0.4) is 0 Å². The minimum absolute atomic E-state index is 0.0395. The molecule has 0 aliphatic heterocycles. The van der Waals surface area contributed by atoms with Gasteiger partial charge in [-0.3, -0.25) is 23.9 Å². The van der Waals surface area contributed by atoms with E-state index in [1.807, 2.05) is 0 Å². The molecule has 9 nitrogen and oxygen atoms in total. The number of hydrogen-bond acceptors (Lipinski definition) is 5. The van der Waals surface area contributed by atoms with Gasteiger partial charge in [0.05, 0.1) is 16.2 Å². The van der Waals surface area contributed by atoms with Crippen LogP contribution in [0.1, 0.15) is 10.4 Å². The molecule has 9 heteroatoms. The predicted molar refractivity (Wildman–Crippen MR) is 109 cm³/mol. The molecule has 3 aromatic heterocycles. The zero-order valence-corrected chi connectivity index (χ0v) is 15.2. The van der Waals surface area contributed by atoms with Crippen molar-refractivity contribution in [3.63, 3.8) is 0 Å². The van der Waals surface area contributed by atoms with E-state index in [4.69, 9.17) is 0 Å². The molecule has 5 aromatic rings. The van der Waals surface area contributed by atoms with Gasteiger partial charge in [-0.25, -0.2) is 9.78 Å². The van der Waals surface area contributed by atoms with Gasteiger partial charge in [0.1, 0.15) is 11.2 Å². The maximum absolute atomic E-state index is 13.4. The number of pyridine rings is 2. The summed E-state index contributed by atoms with van der Waals surface area (Å²) < 4.78 is 2.95. The van der Waals surface area contributed by atoms with Crippen LogP contribution in [0.15, 0.2) is 71.7 Å². The zero-order chi connectivity index (χ0) is 21.0. The van der Waals surface area contributed by atoms with E-state index in [1.165, 1.54) is 41.1 Å². The van der Waals surface area contributed by atoms with Crippen molar-refractivity contribution in [2.45, 2.75) is 0 Å². The molecule has 1 N–H and O–H groups in total. The van der Waals surface area contributed by atoms with Crippen LogP contribution in [-0.4, -0.2) is 30.0 Å². The van der Waals surface area contributed by atoms with E-state index < -0.39 is 10.9 Å². The number of hydrogen-bond donors (Lipinski definition) is 1. The second-order valence-corrected chi connectivity index (χ2v) is 6.69. The fraction of sp³-hybridized carbons (Fsp3) is 0. The highest BCUT2D eigenvalue weighted by atomic mass is 16.6. The van der Waals surface area contributed by atoms with Crippen LogP contribution in [0.5, 0.6) is 0 Å². The first-order valence-electron chi connectivity index (χ1n) is 8.89. The summed E-state index contributed by atoms with van der Waals surface area (Å²) in [5.41, 5.74) is 1.38. The van der Waals surface area contributed by atoms with Crippen LogP contribution in [0.2, 0.25) is 0 Å². The van der Waals surface area contributed by atoms with Crippen molar-refractivity contribution in [2.24, 2.45) is 0 Å². The molecule has 30 heavy (non-hydrogen) atoms. The predicted octanol–water partition coefficient (Wildman–Crippen LogP) is 3.40. The molecule has 0 saturated heterocycles. The first kappa shape index (κ1) is 17.6. The molecule has 5 rings (SSSR count). The average molecular weight is 400 g/mol. The largest absolute Gasteiger partial charge is 0.478 e. The van der Waals surface area contributed by atoms with Crippen LogP contribution >= 0.6 is 0 Å². The second kappa shape index (κ2) is 6.24. The Balaban J connectivity index is 1.98. The van der Waals surface area contributed by atoms with Crippen molar-refractivity contribution in [1.29, 1.82) is 0 Å². The summed E-state index contributed by atoms with van der Waals surface area (Å²) in [5, 5.41) is 21.5. The van der Waals surface area contributed by atoms with Gasteiger partial charge in [-0.1, -0.05) is 18.2 Å². The maximum Gasteiger partial charge on any atom is 0.337 e. The minimum Gasteiger partial charge on any atom is -0.478 e. The minimum atomic E-state index is -1.11. The Bertz CT molecular complexity index is 1560. The van der Waals surface area contributed by atoms with Crippen molar-refractivity contribution in [3.8, 4) is 5.69 Å². The molecule has 2 aromatic carbocycles. The lowest BCUT2D eigenvalue weighted by Gasteiger charge is -2.11. The lowest BCUT2D eigenvalue weighted by Crippen LogP contribution is -2.20. The van der Waals surface area contributed by atoms with Crippen LogP contribution < -0.4 is 5.56 Å². The van der Waals surface area contributed by atoms with Gasteiger partial charge < -0.3 is 5.11 Å². The van der Waals surface area contributed by atoms with E-state index in [0.717, 1.165) is 0 Å². The summed E-state index contributed by atoms with van der Waals surface area (Å²) in [7, 11) is 0. The number of benzene rings is 2. The summed E-state index contributed by atoms with van der Waals surface area (Å²) in [5.74, 6) is -1.11. The maximum atomic E-state index is 13.4. The van der Waals surface area contributed by atoms with E-state index in [9.17, 15) is 24.8 Å². The van der Waals surface area contributed by atoms with Crippen LogP contribution in [0.4, 0.5) is 5.69 Å². The third-order valence-electron chi connectivity index (χ3n) is 4.99. The molecule has 0 amide bonds. The third-order valence-corrected chi connectivity index (χ3v) is 4.99. The lowest BCUT2D eigenvalue weighted by atomic mass is 10.1. The molecule has 0 atom stereocenters. The fourth-order valence-corrected chi connectivity index (χ4v) is 3.61. The highest BCUT2D eigenvalue weighted by Gasteiger charge is 2.19. The number of rotatable bonds is 3. The summed E-state index contributed by atoms with van der Waals surface area (Å²) in [4.78, 5) is 40.0. The Morgan fingerprint density at radius 1 is 1.00 bits per heavy atom. The number of carbonyl (C=O) groups is 1. The molecule has 0 radical (unpaired) electrons. The monoisotopic (exact) mass is 400 g/mol. The number of carboxylic acids is 1. The molecule has 0 unspecified atom stereocenters. The normalized spacial score (nSPS) is 11.3. The molecule has 0 saturated carbocycles. The highest BCUT2D eigenvalue weighted by Crippen LogP contribution is 2.27. The van der Waals surface area contributed by atoms with Crippen LogP contribution in [-0.2, 0) is 0 Å². The number of fused-ring (bicyclic) bond motifs is 5. The molecule has 0 aliphatic carbocycles. The Kier molecular flexibility index (Phi) is 3.65. The number of aromatic carboxylic acids is 1. The molecule has 0 bridgehead atoms. The quantitative estimate of drug-likeness (QED) is 0.366. The Morgan fingerprint density at radius 3 is 2.37 bits per heavy atom. The number of non-ortho nitro benzene ring substituents is 1. The van der Waals surface area contributed by atoms with Gasteiger partial charge in [0, 0.05) is 29.1 Å². The fourth-order valence-electron chi connectivity index (χ4n) is 3.61. The SMILES string of the molecule is O=C(O)c1ccc2nc3c4ccccc4c(=O)n(-c4ccc([N+](=O)[O-])cc4)c3n2c1. The van der Waals surface area contributed by atoms with Gasteiger partial charge in [-0.2, -0.15) is 0 Å². The topological polar surface area (TPSA) is 120 Å². The first-order chi connectivity index (χ1) is 14.5. The average Bonchev–Trinajstić information content (AvgIpc) is 3.13. The van der Waals surface area contributed by atoms with Crippen molar-refractivity contribution >= 4 is 39.2 Å².